The van der Waals surface area contributed by atoms with Gasteiger partial charge >= 0.3 is 18.0 Å². The van der Waals surface area contributed by atoms with E-state index in [2.05, 4.69) is 27.3 Å². The summed E-state index contributed by atoms with van der Waals surface area (Å²) in [6.07, 6.45) is -0.232. The molecule has 0 aliphatic carbocycles. The van der Waals surface area contributed by atoms with Crippen LogP contribution >= 0.6 is 11.8 Å². The van der Waals surface area contributed by atoms with Crippen molar-refractivity contribution in [3.63, 3.8) is 0 Å². The lowest BCUT2D eigenvalue weighted by Gasteiger charge is -2.61. The van der Waals surface area contributed by atoms with Crippen LogP contribution in [-0.4, -0.2) is 105 Å². The van der Waals surface area contributed by atoms with E-state index in [0.717, 1.165) is 16.7 Å². The molecular weight excluding hydrogens is 721 g/mol. The molecule has 5 aliphatic rings. The number of methoxy groups -OCH3 is 2. The second kappa shape index (κ2) is 14.3. The van der Waals surface area contributed by atoms with E-state index >= 15 is 0 Å². The van der Waals surface area contributed by atoms with E-state index in [4.69, 9.17) is 37.9 Å². The van der Waals surface area contributed by atoms with Crippen LogP contribution in [0.5, 0.6) is 28.7 Å². The Balaban J connectivity index is 1.49. The standard InChI is InChI=1S/C38H46N4O11S/c1-17-10-20-11-22-23(12-39)42-24-13-48-36(44)21(40-37(45)53-38(4,5)6)14-54-35(27-26(24)34-32(50-16-51-34)18(2)31(27)52-19(3)43)29(42)28(41(22)7)25(20)33(30(17)47-9)49-15-46-8/h10,21-24,28-29,35H,11,13-16H2,1-9H3,(H,40,45)/t21?,22-,23-,24-,28-,29?,35+/m0/s1. The Labute approximate surface area is 318 Å². The summed E-state index contributed by atoms with van der Waals surface area (Å²) in [4.78, 5) is 44.1. The van der Waals surface area contributed by atoms with Crippen molar-refractivity contribution in [1.29, 1.82) is 5.26 Å². The van der Waals surface area contributed by atoms with Crippen LogP contribution in [0.15, 0.2) is 6.07 Å². The molecule has 1 amide bonds. The van der Waals surface area contributed by atoms with Crippen LogP contribution in [0.2, 0.25) is 0 Å². The molecule has 4 bridgehead atoms. The quantitative estimate of drug-likeness (QED) is 0.249. The lowest BCUT2D eigenvalue weighted by atomic mass is 9.71. The van der Waals surface area contributed by atoms with Crippen LogP contribution in [0.1, 0.15) is 78.4 Å². The maximum absolute atomic E-state index is 13.8. The number of likely N-dealkylation sites (N-methyl/N-ethyl adjacent to an activating group) is 1. The van der Waals surface area contributed by atoms with Gasteiger partial charge in [0.05, 0.1) is 30.5 Å². The predicted molar refractivity (Wildman–Crippen MR) is 194 cm³/mol. The second-order valence-electron chi connectivity index (χ2n) is 15.1. The number of ether oxygens (including phenoxy) is 8. The van der Waals surface area contributed by atoms with Gasteiger partial charge in [0.25, 0.3) is 0 Å². The van der Waals surface area contributed by atoms with Gasteiger partial charge in [0.2, 0.25) is 6.79 Å². The number of nitriles is 1. The van der Waals surface area contributed by atoms with Gasteiger partial charge in [-0.3, -0.25) is 14.6 Å². The summed E-state index contributed by atoms with van der Waals surface area (Å²) >= 11 is 1.39. The van der Waals surface area contributed by atoms with Crippen LogP contribution in [-0.2, 0) is 30.2 Å². The van der Waals surface area contributed by atoms with E-state index in [1.54, 1.807) is 35.0 Å². The number of thioether (sulfide) groups is 1. The largest absolute Gasteiger partial charge is 0.493 e. The molecule has 0 saturated carbocycles. The molecule has 2 aromatic rings. The number of amides is 1. The Morgan fingerprint density at radius 2 is 1.81 bits per heavy atom. The van der Waals surface area contributed by atoms with Gasteiger partial charge < -0.3 is 43.2 Å². The molecule has 5 heterocycles. The van der Waals surface area contributed by atoms with Gasteiger partial charge in [-0.25, -0.2) is 9.59 Å². The van der Waals surface area contributed by atoms with E-state index < -0.39 is 59.1 Å². The number of rotatable bonds is 6. The monoisotopic (exact) mass is 766 g/mol. The molecule has 290 valence electrons. The average Bonchev–Trinajstić information content (AvgIpc) is 3.59. The van der Waals surface area contributed by atoms with Crippen LogP contribution in [0.4, 0.5) is 4.79 Å². The first-order valence-corrected chi connectivity index (χ1v) is 18.9. The van der Waals surface area contributed by atoms with E-state index in [1.165, 1.54) is 18.7 Å². The number of hydrogen-bond acceptors (Lipinski definition) is 15. The van der Waals surface area contributed by atoms with Crippen molar-refractivity contribution in [1.82, 2.24) is 15.1 Å². The number of fused-ring (bicyclic) bond motifs is 9. The minimum atomic E-state index is -1.09. The van der Waals surface area contributed by atoms with E-state index in [1.807, 2.05) is 20.9 Å². The Morgan fingerprint density at radius 3 is 2.48 bits per heavy atom. The van der Waals surface area contributed by atoms with E-state index in [9.17, 15) is 19.6 Å². The zero-order valence-electron chi connectivity index (χ0n) is 31.9. The number of piperazine rings is 1. The maximum atomic E-state index is 13.8. The van der Waals surface area contributed by atoms with Crippen molar-refractivity contribution in [2.45, 2.75) is 95.1 Å². The van der Waals surface area contributed by atoms with Crippen LogP contribution in [0.3, 0.4) is 0 Å². The number of benzene rings is 2. The number of carbonyl (C=O) groups is 3. The number of nitrogens with one attached hydrogen (secondary N) is 1. The first-order valence-electron chi connectivity index (χ1n) is 17.8. The molecule has 5 aliphatic heterocycles. The van der Waals surface area contributed by atoms with Gasteiger partial charge in [0.15, 0.2) is 29.8 Å². The minimum absolute atomic E-state index is 0.0296. The SMILES string of the molecule is COCOc1c(OC)c(C)cc2c1[C@H]1C3[C@@H]4SCC(NC(=O)OC(C)(C)C)C(=O)OC[C@@H](c5c6c(c(C)c(OC(C)=O)c54)OCO6)N3[C@@H](C#N)[C@H](C2)N1C. The lowest BCUT2D eigenvalue weighted by molar-refractivity contribution is -0.151. The Hall–Kier alpha value is -4.43. The number of aryl methyl sites for hydroxylation is 1. The molecular formula is C38H46N4O11S. The molecule has 0 spiro atoms. The zero-order valence-corrected chi connectivity index (χ0v) is 32.7. The molecule has 0 radical (unpaired) electrons. The summed E-state index contributed by atoms with van der Waals surface area (Å²) < 4.78 is 47.5. The highest BCUT2D eigenvalue weighted by Gasteiger charge is 2.61. The normalized spacial score (nSPS) is 27.0. The van der Waals surface area contributed by atoms with Crippen LogP contribution < -0.4 is 29.0 Å². The minimum Gasteiger partial charge on any atom is -0.493 e. The van der Waals surface area contributed by atoms with Crippen molar-refractivity contribution >= 4 is 29.8 Å². The molecule has 7 atom stereocenters. The molecule has 2 aromatic carbocycles. The number of carbonyl (C=O) groups excluding carboxylic acids is 3. The van der Waals surface area contributed by atoms with E-state index in [0.29, 0.717) is 51.9 Å². The Morgan fingerprint density at radius 1 is 1.07 bits per heavy atom. The topological polar surface area (TPSA) is 167 Å². The number of hydrogen-bond donors (Lipinski definition) is 1. The average molecular weight is 767 g/mol. The van der Waals surface area contributed by atoms with Crippen molar-refractivity contribution in [2.24, 2.45) is 0 Å². The summed E-state index contributed by atoms with van der Waals surface area (Å²) in [7, 11) is 5.16. The molecule has 2 fully saturated rings. The maximum Gasteiger partial charge on any atom is 0.408 e. The third-order valence-corrected chi connectivity index (χ3v) is 12.1. The summed E-state index contributed by atoms with van der Waals surface area (Å²) in [5.41, 5.74) is 3.86. The summed E-state index contributed by atoms with van der Waals surface area (Å²) in [6.45, 7) is 10.0. The van der Waals surface area contributed by atoms with Crippen LogP contribution in [0, 0.1) is 25.2 Å². The fraction of sp³-hybridized carbons (Fsp3) is 0.579. The number of esters is 2. The molecule has 15 nitrogen and oxygen atoms in total. The second-order valence-corrected chi connectivity index (χ2v) is 16.3. The van der Waals surface area contributed by atoms with E-state index in [-0.39, 0.29) is 32.0 Å². The molecule has 0 aromatic heterocycles. The zero-order chi connectivity index (χ0) is 38.8. The highest BCUT2D eigenvalue weighted by Crippen LogP contribution is 2.64. The van der Waals surface area contributed by atoms with Gasteiger partial charge in [-0.05, 0) is 59.2 Å². The third-order valence-electron chi connectivity index (χ3n) is 10.7. The molecule has 2 saturated heterocycles. The first kappa shape index (κ1) is 37.9. The summed E-state index contributed by atoms with van der Waals surface area (Å²) in [5, 5.41) is 13.2. The molecule has 54 heavy (non-hydrogen) atoms. The summed E-state index contributed by atoms with van der Waals surface area (Å²) in [6, 6.07) is 1.01. The van der Waals surface area contributed by atoms with Crippen molar-refractivity contribution in [2.75, 3.05) is 47.2 Å². The smallest absolute Gasteiger partial charge is 0.408 e. The Kier molecular flexibility index (Phi) is 10.1. The number of nitrogens with zero attached hydrogens (tertiary/aromatic N) is 3. The lowest BCUT2D eigenvalue weighted by Crippen LogP contribution is -2.69. The predicted octanol–water partition coefficient (Wildman–Crippen LogP) is 4.40. The molecule has 1 N–H and O–H groups in total. The third kappa shape index (κ3) is 6.24. The van der Waals surface area contributed by atoms with Gasteiger partial charge in [0, 0.05) is 54.1 Å². The van der Waals surface area contributed by atoms with Gasteiger partial charge in [-0.1, -0.05) is 6.07 Å². The van der Waals surface area contributed by atoms with Crippen molar-refractivity contribution < 1.29 is 52.3 Å². The molecule has 16 heteroatoms. The molecule has 7 rings (SSSR count). The fourth-order valence-electron chi connectivity index (χ4n) is 8.76. The van der Waals surface area contributed by atoms with Gasteiger partial charge in [-0.2, -0.15) is 5.26 Å². The Bertz CT molecular complexity index is 1930. The number of alkyl carbamates (subject to hydrolysis) is 1. The molecule has 2 unspecified atom stereocenters. The first-order chi connectivity index (χ1) is 25.7. The van der Waals surface area contributed by atoms with Crippen molar-refractivity contribution in [3.8, 4) is 34.8 Å². The fourth-order valence-corrected chi connectivity index (χ4v) is 10.3. The van der Waals surface area contributed by atoms with Crippen molar-refractivity contribution in [3.05, 3.63) is 39.4 Å². The highest BCUT2D eigenvalue weighted by molar-refractivity contribution is 7.99. The van der Waals surface area contributed by atoms with Crippen LogP contribution in [0.25, 0.3) is 0 Å². The number of cyclic esters (lactones) is 1. The van der Waals surface area contributed by atoms with Gasteiger partial charge in [-0.15, -0.1) is 11.8 Å². The highest BCUT2D eigenvalue weighted by atomic mass is 32.2. The summed E-state index contributed by atoms with van der Waals surface area (Å²) in [5.74, 6) is 1.18. The van der Waals surface area contributed by atoms with Gasteiger partial charge in [0.1, 0.15) is 30.0 Å².